The highest BCUT2D eigenvalue weighted by Gasteiger charge is 2.08. The zero-order valence-corrected chi connectivity index (χ0v) is 11.0. The van der Waals surface area contributed by atoms with Crippen LogP contribution in [0.5, 0.6) is 0 Å². The number of benzene rings is 2. The summed E-state index contributed by atoms with van der Waals surface area (Å²) in [5, 5.41) is 0.872. The second-order valence-electron chi connectivity index (χ2n) is 4.01. The molecule has 0 heterocycles. The summed E-state index contributed by atoms with van der Waals surface area (Å²) in [6.45, 7) is 0. The van der Waals surface area contributed by atoms with E-state index in [2.05, 4.69) is 18.2 Å². The lowest BCUT2D eigenvalue weighted by Gasteiger charge is -2.10. The van der Waals surface area contributed by atoms with Gasteiger partial charge >= 0.3 is 0 Å². The third kappa shape index (κ3) is 3.49. The van der Waals surface area contributed by atoms with Crippen LogP contribution in [0.2, 0.25) is 5.02 Å². The first-order chi connectivity index (χ1) is 8.27. The number of aryl methyl sites for hydroxylation is 1. The van der Waals surface area contributed by atoms with Gasteiger partial charge in [0.05, 0.1) is 5.38 Å². The Morgan fingerprint density at radius 3 is 2.24 bits per heavy atom. The topological polar surface area (TPSA) is 0 Å². The van der Waals surface area contributed by atoms with Gasteiger partial charge in [-0.1, -0.05) is 60.1 Å². The molecule has 1 atom stereocenters. The Morgan fingerprint density at radius 1 is 0.882 bits per heavy atom. The lowest BCUT2D eigenvalue weighted by molar-refractivity contribution is 0.794. The lowest BCUT2D eigenvalue weighted by atomic mass is 10.0. The fourth-order valence-corrected chi connectivity index (χ4v) is 2.30. The van der Waals surface area contributed by atoms with Gasteiger partial charge in [-0.3, -0.25) is 0 Å². The molecule has 0 N–H and O–H groups in total. The fraction of sp³-hybridized carbons (Fsp3) is 0.200. The number of rotatable bonds is 4. The average molecular weight is 265 g/mol. The van der Waals surface area contributed by atoms with Crippen molar-refractivity contribution in [1.29, 1.82) is 0 Å². The lowest BCUT2D eigenvalue weighted by Crippen LogP contribution is -1.94. The molecular weight excluding hydrogens is 251 g/mol. The third-order valence-corrected chi connectivity index (χ3v) is 3.63. The maximum atomic E-state index is 6.37. The number of hydrogen-bond donors (Lipinski definition) is 0. The van der Waals surface area contributed by atoms with Crippen molar-refractivity contribution in [3.05, 3.63) is 70.7 Å². The molecule has 17 heavy (non-hydrogen) atoms. The van der Waals surface area contributed by atoms with Crippen LogP contribution in [-0.4, -0.2) is 0 Å². The van der Waals surface area contributed by atoms with Crippen molar-refractivity contribution in [3.63, 3.8) is 0 Å². The highest BCUT2D eigenvalue weighted by molar-refractivity contribution is 6.31. The predicted molar refractivity (Wildman–Crippen MR) is 74.8 cm³/mol. The minimum absolute atomic E-state index is 0.0486. The SMILES string of the molecule is Clc1ccccc1CCC(Cl)c1ccccc1. The molecule has 0 fully saturated rings. The molecule has 0 aromatic heterocycles. The summed E-state index contributed by atoms with van der Waals surface area (Å²) < 4.78 is 0. The molecule has 0 radical (unpaired) electrons. The number of hydrogen-bond acceptors (Lipinski definition) is 0. The standard InChI is InChI=1S/C15H14Cl2/c16-14-9-5-4-8-13(14)10-11-15(17)12-6-2-1-3-7-12/h1-9,15H,10-11H2. The molecule has 0 aliphatic carbocycles. The zero-order valence-electron chi connectivity index (χ0n) is 9.44. The van der Waals surface area contributed by atoms with Gasteiger partial charge in [-0.05, 0) is 30.0 Å². The molecule has 0 saturated heterocycles. The Labute approximate surface area is 112 Å². The van der Waals surface area contributed by atoms with Crippen LogP contribution in [0.1, 0.15) is 22.9 Å². The van der Waals surface area contributed by atoms with E-state index in [1.807, 2.05) is 36.4 Å². The van der Waals surface area contributed by atoms with Gasteiger partial charge in [0.15, 0.2) is 0 Å². The van der Waals surface area contributed by atoms with Crippen molar-refractivity contribution in [2.75, 3.05) is 0 Å². The van der Waals surface area contributed by atoms with Crippen LogP contribution < -0.4 is 0 Å². The van der Waals surface area contributed by atoms with Crippen molar-refractivity contribution >= 4 is 23.2 Å². The van der Waals surface area contributed by atoms with Gasteiger partial charge in [-0.2, -0.15) is 0 Å². The quantitative estimate of drug-likeness (QED) is 0.662. The van der Waals surface area contributed by atoms with Gasteiger partial charge in [0.2, 0.25) is 0 Å². The van der Waals surface area contributed by atoms with Crippen LogP contribution in [0, 0.1) is 0 Å². The first-order valence-corrected chi connectivity index (χ1v) is 6.51. The van der Waals surface area contributed by atoms with E-state index in [9.17, 15) is 0 Å². The number of halogens is 2. The van der Waals surface area contributed by atoms with E-state index in [0.29, 0.717) is 0 Å². The molecule has 0 aliphatic rings. The summed E-state index contributed by atoms with van der Waals surface area (Å²) in [6.07, 6.45) is 1.80. The van der Waals surface area contributed by atoms with Gasteiger partial charge in [0.25, 0.3) is 0 Å². The molecule has 0 aliphatic heterocycles. The summed E-state index contributed by atoms with van der Waals surface area (Å²) in [4.78, 5) is 0. The van der Waals surface area contributed by atoms with E-state index < -0.39 is 0 Å². The minimum Gasteiger partial charge on any atom is -0.118 e. The first-order valence-electron chi connectivity index (χ1n) is 5.70. The van der Waals surface area contributed by atoms with E-state index in [-0.39, 0.29) is 5.38 Å². The van der Waals surface area contributed by atoms with Gasteiger partial charge in [0, 0.05) is 5.02 Å². The van der Waals surface area contributed by atoms with Crippen molar-refractivity contribution in [1.82, 2.24) is 0 Å². The molecule has 2 aromatic carbocycles. The molecular formula is C15H14Cl2. The molecule has 0 spiro atoms. The second-order valence-corrected chi connectivity index (χ2v) is 4.94. The maximum absolute atomic E-state index is 6.37. The predicted octanol–water partition coefficient (Wildman–Crippen LogP) is 5.25. The van der Waals surface area contributed by atoms with Crippen LogP contribution in [0.15, 0.2) is 54.6 Å². The summed E-state index contributed by atoms with van der Waals surface area (Å²) >= 11 is 12.5. The normalized spacial score (nSPS) is 12.4. The summed E-state index contributed by atoms with van der Waals surface area (Å²) in [5.74, 6) is 0. The summed E-state index contributed by atoms with van der Waals surface area (Å²) in [7, 11) is 0. The van der Waals surface area contributed by atoms with Gasteiger partial charge < -0.3 is 0 Å². The largest absolute Gasteiger partial charge is 0.118 e. The monoisotopic (exact) mass is 264 g/mol. The van der Waals surface area contributed by atoms with Crippen LogP contribution >= 0.6 is 23.2 Å². The Bertz CT molecular complexity index is 465. The fourth-order valence-electron chi connectivity index (χ4n) is 1.81. The maximum Gasteiger partial charge on any atom is 0.0588 e. The van der Waals surface area contributed by atoms with Gasteiger partial charge in [-0.25, -0.2) is 0 Å². The third-order valence-electron chi connectivity index (χ3n) is 2.79. The van der Waals surface area contributed by atoms with Crippen LogP contribution in [-0.2, 0) is 6.42 Å². The van der Waals surface area contributed by atoms with Crippen LogP contribution in [0.25, 0.3) is 0 Å². The molecule has 0 bridgehead atoms. The molecule has 0 amide bonds. The Balaban J connectivity index is 1.97. The van der Waals surface area contributed by atoms with Crippen molar-refractivity contribution < 1.29 is 0 Å². The zero-order chi connectivity index (χ0) is 12.1. The molecule has 2 heteroatoms. The Hall–Kier alpha value is -0.980. The molecule has 0 nitrogen and oxygen atoms in total. The van der Waals surface area contributed by atoms with Crippen molar-refractivity contribution in [3.8, 4) is 0 Å². The second kappa shape index (κ2) is 6.09. The highest BCUT2D eigenvalue weighted by Crippen LogP contribution is 2.27. The van der Waals surface area contributed by atoms with Gasteiger partial charge in [0.1, 0.15) is 0 Å². The Morgan fingerprint density at radius 2 is 1.53 bits per heavy atom. The minimum atomic E-state index is 0.0486. The number of alkyl halides is 1. The van der Waals surface area contributed by atoms with E-state index in [0.717, 1.165) is 23.4 Å². The smallest absolute Gasteiger partial charge is 0.0588 e. The van der Waals surface area contributed by atoms with Crippen LogP contribution in [0.4, 0.5) is 0 Å². The summed E-state index contributed by atoms with van der Waals surface area (Å²) in [5.41, 5.74) is 2.33. The van der Waals surface area contributed by atoms with Crippen molar-refractivity contribution in [2.24, 2.45) is 0 Å². The molecule has 88 valence electrons. The Kier molecular flexibility index (Phi) is 4.47. The molecule has 1 unspecified atom stereocenters. The van der Waals surface area contributed by atoms with E-state index in [1.165, 1.54) is 5.56 Å². The first kappa shape index (κ1) is 12.5. The molecule has 2 rings (SSSR count). The van der Waals surface area contributed by atoms with E-state index >= 15 is 0 Å². The molecule has 0 saturated carbocycles. The highest BCUT2D eigenvalue weighted by atomic mass is 35.5. The molecule has 2 aromatic rings. The van der Waals surface area contributed by atoms with Crippen LogP contribution in [0.3, 0.4) is 0 Å². The van der Waals surface area contributed by atoms with E-state index in [1.54, 1.807) is 0 Å². The average Bonchev–Trinajstić information content (AvgIpc) is 2.38. The van der Waals surface area contributed by atoms with Crippen molar-refractivity contribution in [2.45, 2.75) is 18.2 Å². The summed E-state index contributed by atoms with van der Waals surface area (Å²) in [6, 6.07) is 18.1. The van der Waals surface area contributed by atoms with Gasteiger partial charge in [-0.15, -0.1) is 11.6 Å². The van der Waals surface area contributed by atoms with E-state index in [4.69, 9.17) is 23.2 Å².